The lowest BCUT2D eigenvalue weighted by Gasteiger charge is -2.26. The van der Waals surface area contributed by atoms with Crippen LogP contribution in [0.15, 0.2) is 47.8 Å². The summed E-state index contributed by atoms with van der Waals surface area (Å²) in [7, 11) is 0. The summed E-state index contributed by atoms with van der Waals surface area (Å²) in [6.07, 6.45) is 0.657. The summed E-state index contributed by atoms with van der Waals surface area (Å²) in [5.74, 6) is -0.280. The van der Waals surface area contributed by atoms with Crippen molar-refractivity contribution >= 4 is 17.2 Å². The molecule has 17 heavy (non-hydrogen) atoms. The van der Waals surface area contributed by atoms with Crippen molar-refractivity contribution < 1.29 is 4.79 Å². The summed E-state index contributed by atoms with van der Waals surface area (Å²) in [6, 6.07) is 13.8. The summed E-state index contributed by atoms with van der Waals surface area (Å²) in [6.45, 7) is 1.91. The Morgan fingerprint density at radius 1 is 1.24 bits per heavy atom. The Kier molecular flexibility index (Phi) is 3.29. The van der Waals surface area contributed by atoms with Crippen molar-refractivity contribution in [1.29, 1.82) is 0 Å². The summed E-state index contributed by atoms with van der Waals surface area (Å²) in [5, 5.41) is 2.02. The molecule has 1 aromatic carbocycles. The second kappa shape index (κ2) is 4.72. The van der Waals surface area contributed by atoms with E-state index in [1.807, 2.05) is 54.8 Å². The van der Waals surface area contributed by atoms with Gasteiger partial charge in [-0.05, 0) is 30.4 Å². The maximum atomic E-state index is 11.8. The van der Waals surface area contributed by atoms with Crippen LogP contribution < -0.4 is 5.73 Å². The van der Waals surface area contributed by atoms with Crippen molar-refractivity contribution in [2.45, 2.75) is 18.8 Å². The van der Waals surface area contributed by atoms with Gasteiger partial charge in [-0.15, -0.1) is 11.3 Å². The third-order valence-electron chi connectivity index (χ3n) is 3.06. The molecule has 0 aliphatic carbocycles. The van der Waals surface area contributed by atoms with Crippen LogP contribution in [0, 0.1) is 0 Å². The van der Waals surface area contributed by atoms with Gasteiger partial charge in [0.25, 0.3) is 0 Å². The van der Waals surface area contributed by atoms with Crippen LogP contribution in [-0.2, 0) is 16.6 Å². The largest absolute Gasteiger partial charge is 0.369 e. The topological polar surface area (TPSA) is 43.1 Å². The Morgan fingerprint density at radius 3 is 2.47 bits per heavy atom. The maximum Gasteiger partial charge on any atom is 0.228 e. The highest BCUT2D eigenvalue weighted by atomic mass is 32.1. The molecule has 0 aliphatic rings. The fourth-order valence-corrected chi connectivity index (χ4v) is 2.76. The monoisotopic (exact) mass is 245 g/mol. The van der Waals surface area contributed by atoms with Crippen LogP contribution in [-0.4, -0.2) is 5.91 Å². The molecule has 0 spiro atoms. The summed E-state index contributed by atoms with van der Waals surface area (Å²) in [4.78, 5) is 13.0. The first-order valence-corrected chi connectivity index (χ1v) is 6.39. The zero-order valence-corrected chi connectivity index (χ0v) is 10.5. The van der Waals surface area contributed by atoms with E-state index in [2.05, 4.69) is 0 Å². The zero-order valence-electron chi connectivity index (χ0n) is 9.72. The van der Waals surface area contributed by atoms with E-state index >= 15 is 0 Å². The normalized spacial score (nSPS) is 14.2. The van der Waals surface area contributed by atoms with Gasteiger partial charge in [0, 0.05) is 4.88 Å². The van der Waals surface area contributed by atoms with Crippen molar-refractivity contribution in [3.8, 4) is 0 Å². The van der Waals surface area contributed by atoms with Crippen LogP contribution in [0.3, 0.4) is 0 Å². The minimum atomic E-state index is -0.633. The fourth-order valence-electron chi connectivity index (χ4n) is 1.90. The van der Waals surface area contributed by atoms with Gasteiger partial charge in [-0.25, -0.2) is 0 Å². The van der Waals surface area contributed by atoms with Crippen LogP contribution in [0.5, 0.6) is 0 Å². The molecule has 1 heterocycles. The van der Waals surface area contributed by atoms with Crippen LogP contribution >= 0.6 is 11.3 Å². The lowest BCUT2D eigenvalue weighted by molar-refractivity contribution is -0.122. The number of thiophene rings is 1. The molecule has 88 valence electrons. The van der Waals surface area contributed by atoms with E-state index in [4.69, 9.17) is 5.73 Å². The predicted molar refractivity (Wildman–Crippen MR) is 71.0 cm³/mol. The average molecular weight is 245 g/mol. The molecule has 1 aromatic heterocycles. The number of nitrogens with two attached hydrogens (primary N) is 1. The van der Waals surface area contributed by atoms with Gasteiger partial charge in [0.2, 0.25) is 5.91 Å². The van der Waals surface area contributed by atoms with Crippen molar-refractivity contribution in [1.82, 2.24) is 0 Å². The fraction of sp³-hybridized carbons (Fsp3) is 0.214. The van der Waals surface area contributed by atoms with Gasteiger partial charge >= 0.3 is 0 Å². The lowest BCUT2D eigenvalue weighted by atomic mass is 9.78. The second-order valence-electron chi connectivity index (χ2n) is 4.32. The number of carbonyl (C=O) groups is 1. The lowest BCUT2D eigenvalue weighted by Crippen LogP contribution is -2.40. The molecule has 2 rings (SSSR count). The molecule has 0 saturated heterocycles. The van der Waals surface area contributed by atoms with E-state index in [1.165, 1.54) is 4.88 Å². The van der Waals surface area contributed by atoms with Crippen molar-refractivity contribution in [3.05, 3.63) is 58.3 Å². The Bertz CT molecular complexity index is 492. The van der Waals surface area contributed by atoms with Gasteiger partial charge in [-0.1, -0.05) is 36.4 Å². The molecule has 2 N–H and O–H groups in total. The number of carbonyl (C=O) groups excluding carboxylic acids is 1. The Morgan fingerprint density at radius 2 is 1.94 bits per heavy atom. The van der Waals surface area contributed by atoms with Gasteiger partial charge in [-0.2, -0.15) is 0 Å². The molecule has 0 bridgehead atoms. The summed E-state index contributed by atoms with van der Waals surface area (Å²) >= 11 is 1.65. The smallest absolute Gasteiger partial charge is 0.228 e. The molecular weight excluding hydrogens is 230 g/mol. The first kappa shape index (κ1) is 11.9. The van der Waals surface area contributed by atoms with E-state index < -0.39 is 5.41 Å². The number of hydrogen-bond donors (Lipinski definition) is 1. The van der Waals surface area contributed by atoms with E-state index in [-0.39, 0.29) is 5.91 Å². The van der Waals surface area contributed by atoms with E-state index in [0.29, 0.717) is 6.42 Å². The van der Waals surface area contributed by atoms with Gasteiger partial charge < -0.3 is 5.73 Å². The Labute approximate surface area is 105 Å². The number of rotatable bonds is 4. The minimum absolute atomic E-state index is 0.280. The second-order valence-corrected chi connectivity index (χ2v) is 5.35. The average Bonchev–Trinajstić information content (AvgIpc) is 2.82. The standard InChI is InChI=1S/C14H15NOS/c1-14(13(15)16,10-12-8-5-9-17-12)11-6-3-2-4-7-11/h2-9H,10H2,1H3,(H2,15,16). The van der Waals surface area contributed by atoms with E-state index in [1.54, 1.807) is 11.3 Å². The van der Waals surface area contributed by atoms with Gasteiger partial charge in [0.15, 0.2) is 0 Å². The van der Waals surface area contributed by atoms with Gasteiger partial charge in [0.1, 0.15) is 0 Å². The SMILES string of the molecule is CC(Cc1cccs1)(C(N)=O)c1ccccc1. The maximum absolute atomic E-state index is 11.8. The van der Waals surface area contributed by atoms with Crippen LogP contribution in [0.25, 0.3) is 0 Å². The highest BCUT2D eigenvalue weighted by molar-refractivity contribution is 7.09. The molecule has 0 saturated carbocycles. The molecule has 0 fully saturated rings. The van der Waals surface area contributed by atoms with Crippen LogP contribution in [0.4, 0.5) is 0 Å². The Hall–Kier alpha value is -1.61. The number of primary amides is 1. The van der Waals surface area contributed by atoms with Gasteiger partial charge in [-0.3, -0.25) is 4.79 Å². The number of hydrogen-bond acceptors (Lipinski definition) is 2. The molecule has 1 atom stereocenters. The van der Waals surface area contributed by atoms with Gasteiger partial charge in [0.05, 0.1) is 5.41 Å². The molecule has 1 amide bonds. The summed E-state index contributed by atoms with van der Waals surface area (Å²) < 4.78 is 0. The minimum Gasteiger partial charge on any atom is -0.369 e. The van der Waals surface area contributed by atoms with Crippen molar-refractivity contribution in [2.75, 3.05) is 0 Å². The van der Waals surface area contributed by atoms with E-state index in [9.17, 15) is 4.79 Å². The summed E-state index contributed by atoms with van der Waals surface area (Å²) in [5.41, 5.74) is 5.93. The van der Waals surface area contributed by atoms with Crippen LogP contribution in [0.2, 0.25) is 0 Å². The molecule has 1 unspecified atom stereocenters. The van der Waals surface area contributed by atoms with E-state index in [0.717, 1.165) is 5.56 Å². The highest BCUT2D eigenvalue weighted by Gasteiger charge is 2.33. The first-order chi connectivity index (χ1) is 8.13. The zero-order chi connectivity index (χ0) is 12.3. The molecule has 3 heteroatoms. The molecule has 0 aliphatic heterocycles. The third kappa shape index (κ3) is 2.39. The molecule has 2 nitrogen and oxygen atoms in total. The Balaban J connectivity index is 2.37. The number of benzene rings is 1. The van der Waals surface area contributed by atoms with Crippen LogP contribution in [0.1, 0.15) is 17.4 Å². The molecule has 2 aromatic rings. The third-order valence-corrected chi connectivity index (χ3v) is 3.94. The predicted octanol–water partition coefficient (Wildman–Crippen LogP) is 2.73. The highest BCUT2D eigenvalue weighted by Crippen LogP contribution is 2.29. The quantitative estimate of drug-likeness (QED) is 0.884. The van der Waals surface area contributed by atoms with Crippen molar-refractivity contribution in [3.63, 3.8) is 0 Å². The number of amides is 1. The molecular formula is C14H15NOS. The first-order valence-electron chi connectivity index (χ1n) is 5.51. The van der Waals surface area contributed by atoms with Crippen molar-refractivity contribution in [2.24, 2.45) is 5.73 Å². The molecule has 0 radical (unpaired) electrons.